The molecule has 3 N–H and O–H groups in total. The number of carbonyl (C=O) groups excluding carboxylic acids is 1. The van der Waals surface area contributed by atoms with Gasteiger partial charge in [0.05, 0.1) is 17.5 Å². The quantitative estimate of drug-likeness (QED) is 0.784. The van der Waals surface area contributed by atoms with Crippen molar-refractivity contribution < 1.29 is 18.0 Å². The first-order chi connectivity index (χ1) is 11.9. The van der Waals surface area contributed by atoms with Crippen LogP contribution in [0, 0.1) is 5.92 Å². The van der Waals surface area contributed by atoms with Crippen LogP contribution in [0.4, 0.5) is 23.8 Å². The van der Waals surface area contributed by atoms with E-state index in [1.165, 1.54) is 6.33 Å². The van der Waals surface area contributed by atoms with Gasteiger partial charge in [-0.25, -0.2) is 14.8 Å². The zero-order valence-corrected chi connectivity index (χ0v) is 13.2. The lowest BCUT2D eigenvalue weighted by Gasteiger charge is -2.29. The van der Waals surface area contributed by atoms with Gasteiger partial charge in [-0.2, -0.15) is 13.2 Å². The fourth-order valence-electron chi connectivity index (χ4n) is 3.93. The van der Waals surface area contributed by atoms with Crippen LogP contribution in [0.3, 0.4) is 0 Å². The topological polar surface area (TPSA) is 85.9 Å². The van der Waals surface area contributed by atoms with Crippen molar-refractivity contribution in [1.29, 1.82) is 0 Å². The largest absolute Gasteiger partial charge is 0.405 e. The number of amides is 2. The molecule has 0 radical (unpaired) electrons. The minimum Gasteiger partial charge on any atom is -0.351 e. The van der Waals surface area contributed by atoms with Crippen molar-refractivity contribution in [2.75, 3.05) is 18.0 Å². The Morgan fingerprint density at radius 1 is 1.36 bits per heavy atom. The molecule has 10 heteroatoms. The van der Waals surface area contributed by atoms with E-state index in [0.717, 1.165) is 29.7 Å². The van der Waals surface area contributed by atoms with Gasteiger partial charge in [0.15, 0.2) is 0 Å². The Morgan fingerprint density at radius 2 is 2.20 bits per heavy atom. The molecule has 0 aromatic carbocycles. The summed E-state index contributed by atoms with van der Waals surface area (Å²) in [5, 5.41) is 5.48. The fraction of sp³-hybridized carbons (Fsp3) is 0.533. The van der Waals surface area contributed by atoms with Gasteiger partial charge in [0, 0.05) is 12.7 Å². The van der Waals surface area contributed by atoms with Crippen molar-refractivity contribution in [3.63, 3.8) is 0 Å². The minimum absolute atomic E-state index is 0.0228. The molecule has 2 bridgehead atoms. The van der Waals surface area contributed by atoms with E-state index in [1.807, 2.05) is 11.4 Å². The molecule has 3 heterocycles. The van der Waals surface area contributed by atoms with Gasteiger partial charge in [-0.05, 0) is 24.8 Å². The van der Waals surface area contributed by atoms with Gasteiger partial charge >= 0.3 is 12.2 Å². The van der Waals surface area contributed by atoms with Gasteiger partial charge in [0.2, 0.25) is 0 Å². The Balaban J connectivity index is 1.48. The van der Waals surface area contributed by atoms with E-state index in [-0.39, 0.29) is 18.0 Å². The number of piperidine rings is 1. The summed E-state index contributed by atoms with van der Waals surface area (Å²) in [5.41, 5.74) is 0.736. The number of nitrogens with one attached hydrogen (secondary N) is 3. The standard InChI is InChI=1S/C15H17F3N6O/c16-15(17,18)6-20-14(25)23-11-8-1-2-10(11)24(5-8)13-9-3-4-19-12(9)21-7-22-13/h3-4,7-8,10-11H,1-2,5-6H2,(H,19,21,22)(H2,20,23,25)/t8?,10?,11-/m1/s1. The fourth-order valence-corrected chi connectivity index (χ4v) is 3.93. The van der Waals surface area contributed by atoms with E-state index in [0.29, 0.717) is 6.54 Å². The molecule has 2 fully saturated rings. The number of alkyl halides is 3. The predicted octanol–water partition coefficient (Wildman–Crippen LogP) is 1.79. The van der Waals surface area contributed by atoms with Gasteiger partial charge in [-0.15, -0.1) is 0 Å². The summed E-state index contributed by atoms with van der Waals surface area (Å²) in [7, 11) is 0. The van der Waals surface area contributed by atoms with Crippen LogP contribution in [-0.4, -0.2) is 52.3 Å². The van der Waals surface area contributed by atoms with E-state index in [9.17, 15) is 18.0 Å². The molecule has 1 saturated carbocycles. The van der Waals surface area contributed by atoms with Gasteiger partial charge < -0.3 is 20.5 Å². The zero-order valence-electron chi connectivity index (χ0n) is 13.2. The molecule has 1 saturated heterocycles. The van der Waals surface area contributed by atoms with Crippen molar-refractivity contribution in [2.45, 2.75) is 31.1 Å². The van der Waals surface area contributed by atoms with Crippen LogP contribution in [0.25, 0.3) is 11.0 Å². The summed E-state index contributed by atoms with van der Waals surface area (Å²) in [6.07, 6.45) is 0.659. The molecule has 25 heavy (non-hydrogen) atoms. The second kappa shape index (κ2) is 5.78. The Bertz CT molecular complexity index is 791. The lowest BCUT2D eigenvalue weighted by Crippen LogP contribution is -2.49. The van der Waals surface area contributed by atoms with Crippen LogP contribution in [0.5, 0.6) is 0 Å². The van der Waals surface area contributed by atoms with Crippen molar-refractivity contribution in [3.8, 4) is 0 Å². The number of rotatable bonds is 3. The first kappa shape index (κ1) is 16.0. The highest BCUT2D eigenvalue weighted by Gasteiger charge is 2.48. The van der Waals surface area contributed by atoms with Crippen LogP contribution < -0.4 is 15.5 Å². The lowest BCUT2D eigenvalue weighted by molar-refractivity contribution is -0.122. The lowest BCUT2D eigenvalue weighted by atomic mass is 10.1. The minimum atomic E-state index is -4.42. The number of anilines is 1. The van der Waals surface area contributed by atoms with Crippen LogP contribution in [0.2, 0.25) is 0 Å². The maximum absolute atomic E-state index is 12.2. The molecule has 1 aliphatic heterocycles. The predicted molar refractivity (Wildman–Crippen MR) is 84.1 cm³/mol. The molecule has 2 amide bonds. The summed E-state index contributed by atoms with van der Waals surface area (Å²) < 4.78 is 36.7. The van der Waals surface area contributed by atoms with Crippen molar-refractivity contribution in [2.24, 2.45) is 5.92 Å². The molecule has 134 valence electrons. The maximum atomic E-state index is 12.2. The Morgan fingerprint density at radius 3 is 3.00 bits per heavy atom. The summed E-state index contributed by atoms with van der Waals surface area (Å²) in [6.45, 7) is -0.618. The normalized spacial score (nSPS) is 25.6. The van der Waals surface area contributed by atoms with Crippen LogP contribution in [0.15, 0.2) is 18.6 Å². The molecule has 2 aromatic rings. The summed E-state index contributed by atoms with van der Waals surface area (Å²) in [4.78, 5) is 25.5. The third-order valence-corrected chi connectivity index (χ3v) is 4.94. The van der Waals surface area contributed by atoms with Crippen molar-refractivity contribution >= 4 is 22.9 Å². The van der Waals surface area contributed by atoms with E-state index < -0.39 is 18.8 Å². The average molecular weight is 354 g/mol. The zero-order chi connectivity index (χ0) is 17.6. The second-order valence-corrected chi connectivity index (χ2v) is 6.46. The second-order valence-electron chi connectivity index (χ2n) is 6.46. The number of hydrogen-bond acceptors (Lipinski definition) is 4. The number of urea groups is 1. The summed E-state index contributed by atoms with van der Waals surface area (Å²) in [5.74, 6) is 0.992. The van der Waals surface area contributed by atoms with Crippen molar-refractivity contribution in [1.82, 2.24) is 25.6 Å². The van der Waals surface area contributed by atoms with Crippen molar-refractivity contribution in [3.05, 3.63) is 18.6 Å². The molecule has 0 spiro atoms. The van der Waals surface area contributed by atoms with Crippen LogP contribution >= 0.6 is 0 Å². The van der Waals surface area contributed by atoms with E-state index in [2.05, 4.69) is 25.2 Å². The first-order valence-electron chi connectivity index (χ1n) is 8.08. The summed E-state index contributed by atoms with van der Waals surface area (Å²) >= 11 is 0. The van der Waals surface area contributed by atoms with Gasteiger partial charge in [0.1, 0.15) is 24.3 Å². The summed E-state index contributed by atoms with van der Waals surface area (Å²) in [6, 6.07) is 0.956. The van der Waals surface area contributed by atoms with Crippen LogP contribution in [0.1, 0.15) is 12.8 Å². The Hall–Kier alpha value is -2.52. The molecule has 1 aliphatic carbocycles. The highest BCUT2D eigenvalue weighted by Crippen LogP contribution is 2.41. The first-order valence-corrected chi connectivity index (χ1v) is 8.08. The molecular formula is C15H17F3N6O. The number of H-pyrrole nitrogens is 1. The molecule has 2 aromatic heterocycles. The molecule has 2 aliphatic rings. The third kappa shape index (κ3) is 2.96. The monoisotopic (exact) mass is 354 g/mol. The van der Waals surface area contributed by atoms with E-state index in [4.69, 9.17) is 0 Å². The van der Waals surface area contributed by atoms with E-state index in [1.54, 1.807) is 6.20 Å². The number of nitrogens with zero attached hydrogens (tertiary/aromatic N) is 3. The highest BCUT2D eigenvalue weighted by atomic mass is 19.4. The molecule has 4 rings (SSSR count). The van der Waals surface area contributed by atoms with E-state index >= 15 is 0 Å². The Labute approximate surface area is 141 Å². The number of halogens is 3. The van der Waals surface area contributed by atoms with Gasteiger partial charge in [-0.3, -0.25) is 0 Å². The number of aromatic amines is 1. The van der Waals surface area contributed by atoms with Gasteiger partial charge in [-0.1, -0.05) is 0 Å². The Kier molecular flexibility index (Phi) is 3.69. The van der Waals surface area contributed by atoms with Crippen LogP contribution in [-0.2, 0) is 0 Å². The smallest absolute Gasteiger partial charge is 0.351 e. The maximum Gasteiger partial charge on any atom is 0.405 e. The third-order valence-electron chi connectivity index (χ3n) is 4.94. The number of carbonyl (C=O) groups is 1. The molecule has 3 atom stereocenters. The molecule has 2 unspecified atom stereocenters. The molecule has 7 nitrogen and oxygen atoms in total. The number of hydrogen-bond donors (Lipinski definition) is 3. The SMILES string of the molecule is O=C(NCC(F)(F)F)N[C@@H]1C2CCC1N(c1ncnc3[nH]ccc13)C2. The number of fused-ring (bicyclic) bond motifs is 3. The average Bonchev–Trinajstić information content (AvgIpc) is 3.26. The molecular weight excluding hydrogens is 337 g/mol. The highest BCUT2D eigenvalue weighted by molar-refractivity contribution is 5.87. The van der Waals surface area contributed by atoms with Gasteiger partial charge in [0.25, 0.3) is 0 Å². The number of aromatic nitrogens is 3.